The van der Waals surface area contributed by atoms with Crippen molar-refractivity contribution in [1.29, 1.82) is 0 Å². The lowest BCUT2D eigenvalue weighted by Crippen LogP contribution is -2.15. The van der Waals surface area contributed by atoms with E-state index in [-0.39, 0.29) is 0 Å². The molecule has 0 aliphatic carbocycles. The van der Waals surface area contributed by atoms with Gasteiger partial charge >= 0.3 is 0 Å². The quantitative estimate of drug-likeness (QED) is 0.677. The zero-order valence-corrected chi connectivity index (χ0v) is 11.5. The molecule has 0 nitrogen and oxygen atoms in total. The van der Waals surface area contributed by atoms with E-state index in [2.05, 4.69) is 61.0 Å². The first-order valence-corrected chi connectivity index (χ1v) is 6.78. The molecule has 0 heterocycles. The Labute approximate surface area is 102 Å². The highest BCUT2D eigenvalue weighted by molar-refractivity contribution is 9.09. The molecule has 0 spiro atoms. The second-order valence-corrected chi connectivity index (χ2v) is 5.46. The van der Waals surface area contributed by atoms with E-state index in [0.29, 0.717) is 4.83 Å². The lowest BCUT2D eigenvalue weighted by Gasteiger charge is -2.19. The molecule has 0 saturated carbocycles. The minimum absolute atomic E-state index is 0.621. The van der Waals surface area contributed by atoms with Crippen LogP contribution >= 0.6 is 15.9 Å². The summed E-state index contributed by atoms with van der Waals surface area (Å²) in [7, 11) is 0. The Morgan fingerprint density at radius 2 is 1.60 bits per heavy atom. The number of hydrogen-bond acceptors (Lipinski definition) is 0. The van der Waals surface area contributed by atoms with Gasteiger partial charge in [-0.25, -0.2) is 0 Å². The molecular weight excluding hydrogens is 248 g/mol. The maximum atomic E-state index is 3.82. The summed E-state index contributed by atoms with van der Waals surface area (Å²) < 4.78 is 0. The van der Waals surface area contributed by atoms with Gasteiger partial charge in [-0.1, -0.05) is 72.4 Å². The lowest BCUT2D eigenvalue weighted by atomic mass is 9.94. The molecule has 0 radical (unpaired) electrons. The van der Waals surface area contributed by atoms with E-state index in [4.69, 9.17) is 0 Å². The van der Waals surface area contributed by atoms with Gasteiger partial charge in [0, 0.05) is 4.83 Å². The van der Waals surface area contributed by atoms with Crippen LogP contribution in [0.2, 0.25) is 0 Å². The van der Waals surface area contributed by atoms with E-state index in [1.54, 1.807) is 0 Å². The summed E-state index contributed by atoms with van der Waals surface area (Å²) in [6, 6.07) is 8.88. The van der Waals surface area contributed by atoms with Crippen LogP contribution in [0.25, 0.3) is 0 Å². The van der Waals surface area contributed by atoms with Crippen LogP contribution in [0.3, 0.4) is 0 Å². The summed E-state index contributed by atoms with van der Waals surface area (Å²) in [6.07, 6.45) is 3.67. The molecule has 0 aromatic heterocycles. The van der Waals surface area contributed by atoms with Gasteiger partial charge < -0.3 is 0 Å². The van der Waals surface area contributed by atoms with Crippen LogP contribution < -0.4 is 0 Å². The zero-order valence-electron chi connectivity index (χ0n) is 9.96. The predicted octanol–water partition coefficient (Wildman–Crippen LogP) is 4.74. The van der Waals surface area contributed by atoms with Crippen molar-refractivity contribution in [2.75, 3.05) is 0 Å². The van der Waals surface area contributed by atoms with Crippen molar-refractivity contribution in [1.82, 2.24) is 0 Å². The average molecular weight is 269 g/mol. The standard InChI is InChI=1S/C14H21Br/c1-4-13(5-2)14(15)10-12-8-6-11(3)7-9-12/h6-9,13-14H,4-5,10H2,1-3H3. The lowest BCUT2D eigenvalue weighted by molar-refractivity contribution is 0.475. The monoisotopic (exact) mass is 268 g/mol. The first kappa shape index (κ1) is 12.8. The third-order valence-electron chi connectivity index (χ3n) is 3.11. The minimum atomic E-state index is 0.621. The van der Waals surface area contributed by atoms with Crippen molar-refractivity contribution in [3.8, 4) is 0 Å². The molecular formula is C14H21Br. The number of benzene rings is 1. The van der Waals surface area contributed by atoms with E-state index in [1.165, 1.54) is 24.0 Å². The van der Waals surface area contributed by atoms with E-state index in [1.807, 2.05) is 0 Å². The fourth-order valence-electron chi connectivity index (χ4n) is 1.92. The van der Waals surface area contributed by atoms with Crippen molar-refractivity contribution in [3.63, 3.8) is 0 Å². The summed E-state index contributed by atoms with van der Waals surface area (Å²) in [6.45, 7) is 6.69. The third kappa shape index (κ3) is 3.98. The number of halogens is 1. The van der Waals surface area contributed by atoms with Crippen LogP contribution in [0.4, 0.5) is 0 Å². The molecule has 0 aliphatic rings. The second-order valence-electron chi connectivity index (χ2n) is 4.28. The number of hydrogen-bond donors (Lipinski definition) is 0. The van der Waals surface area contributed by atoms with Crippen LogP contribution in [0.1, 0.15) is 37.8 Å². The van der Waals surface area contributed by atoms with Crippen molar-refractivity contribution >= 4 is 15.9 Å². The number of rotatable bonds is 5. The molecule has 0 bridgehead atoms. The Balaban J connectivity index is 2.57. The molecule has 0 N–H and O–H groups in total. The van der Waals surface area contributed by atoms with Crippen LogP contribution in [0.5, 0.6) is 0 Å². The Bertz CT molecular complexity index is 272. The Hall–Kier alpha value is -0.300. The van der Waals surface area contributed by atoms with Gasteiger partial charge in [-0.05, 0) is 24.8 Å². The smallest absolute Gasteiger partial charge is 0.0214 e. The fourth-order valence-corrected chi connectivity index (χ4v) is 3.04. The maximum absolute atomic E-state index is 3.82. The largest absolute Gasteiger partial charge is 0.0884 e. The molecule has 0 saturated heterocycles. The molecule has 84 valence electrons. The van der Waals surface area contributed by atoms with Gasteiger partial charge in [0.05, 0.1) is 0 Å². The molecule has 0 aliphatic heterocycles. The molecule has 15 heavy (non-hydrogen) atoms. The van der Waals surface area contributed by atoms with E-state index in [9.17, 15) is 0 Å². The molecule has 1 aromatic carbocycles. The van der Waals surface area contributed by atoms with E-state index in [0.717, 1.165) is 12.3 Å². The zero-order chi connectivity index (χ0) is 11.3. The van der Waals surface area contributed by atoms with Crippen molar-refractivity contribution in [3.05, 3.63) is 35.4 Å². The third-order valence-corrected chi connectivity index (χ3v) is 4.18. The van der Waals surface area contributed by atoms with Crippen LogP contribution in [0, 0.1) is 12.8 Å². The normalized spacial score (nSPS) is 13.1. The van der Waals surface area contributed by atoms with Gasteiger partial charge in [0.25, 0.3) is 0 Å². The maximum Gasteiger partial charge on any atom is 0.0214 e. The van der Waals surface area contributed by atoms with Crippen LogP contribution in [-0.2, 0) is 6.42 Å². The summed E-state index contributed by atoms with van der Waals surface area (Å²) in [5, 5.41) is 0. The molecule has 0 fully saturated rings. The summed E-state index contributed by atoms with van der Waals surface area (Å²) in [4.78, 5) is 0.621. The number of alkyl halides is 1. The van der Waals surface area contributed by atoms with Gasteiger partial charge in [-0.2, -0.15) is 0 Å². The first-order valence-electron chi connectivity index (χ1n) is 5.87. The van der Waals surface area contributed by atoms with Gasteiger partial charge in [-0.15, -0.1) is 0 Å². The van der Waals surface area contributed by atoms with Gasteiger partial charge in [-0.3, -0.25) is 0 Å². The van der Waals surface area contributed by atoms with Gasteiger partial charge in [0.2, 0.25) is 0 Å². The van der Waals surface area contributed by atoms with Crippen LogP contribution in [-0.4, -0.2) is 4.83 Å². The Morgan fingerprint density at radius 1 is 1.07 bits per heavy atom. The second kappa shape index (κ2) is 6.32. The summed E-state index contributed by atoms with van der Waals surface area (Å²) >= 11 is 3.82. The molecule has 1 rings (SSSR count). The van der Waals surface area contributed by atoms with Gasteiger partial charge in [0.15, 0.2) is 0 Å². The molecule has 1 aromatic rings. The highest BCUT2D eigenvalue weighted by Crippen LogP contribution is 2.23. The summed E-state index contributed by atoms with van der Waals surface area (Å²) in [5.41, 5.74) is 2.78. The van der Waals surface area contributed by atoms with Crippen molar-refractivity contribution in [2.45, 2.75) is 44.9 Å². The topological polar surface area (TPSA) is 0 Å². The SMILES string of the molecule is CCC(CC)C(Br)Cc1ccc(C)cc1. The minimum Gasteiger partial charge on any atom is -0.0884 e. The number of aryl methyl sites for hydroxylation is 1. The van der Waals surface area contributed by atoms with Crippen LogP contribution in [0.15, 0.2) is 24.3 Å². The predicted molar refractivity (Wildman–Crippen MR) is 71.7 cm³/mol. The van der Waals surface area contributed by atoms with E-state index >= 15 is 0 Å². The van der Waals surface area contributed by atoms with Crippen molar-refractivity contribution < 1.29 is 0 Å². The highest BCUT2D eigenvalue weighted by Gasteiger charge is 2.15. The van der Waals surface area contributed by atoms with Gasteiger partial charge in [0.1, 0.15) is 0 Å². The average Bonchev–Trinajstić information content (AvgIpc) is 2.23. The molecule has 1 atom stereocenters. The fraction of sp³-hybridized carbons (Fsp3) is 0.571. The Morgan fingerprint density at radius 3 is 2.07 bits per heavy atom. The molecule has 0 amide bonds. The van der Waals surface area contributed by atoms with Crippen molar-refractivity contribution in [2.24, 2.45) is 5.92 Å². The molecule has 1 heteroatoms. The van der Waals surface area contributed by atoms with E-state index < -0.39 is 0 Å². The Kier molecular flexibility index (Phi) is 5.38. The summed E-state index contributed by atoms with van der Waals surface area (Å²) in [5.74, 6) is 0.798. The molecule has 1 unspecified atom stereocenters. The first-order chi connectivity index (χ1) is 7.17. The highest BCUT2D eigenvalue weighted by atomic mass is 79.9.